The van der Waals surface area contributed by atoms with Crippen molar-refractivity contribution in [2.45, 2.75) is 26.7 Å². The van der Waals surface area contributed by atoms with E-state index in [1.54, 1.807) is 0 Å². The predicted octanol–water partition coefficient (Wildman–Crippen LogP) is 1.17. The summed E-state index contributed by atoms with van der Waals surface area (Å²) >= 11 is 4.79. The lowest BCUT2D eigenvalue weighted by Gasteiger charge is -2.17. The number of likely N-dealkylation sites (tertiary alicyclic amines) is 1. The first-order valence-electron chi connectivity index (χ1n) is 5.06. The normalized spacial score (nSPS) is 22.1. The molecule has 2 N–H and O–H groups in total. The Morgan fingerprint density at radius 3 is 2.79 bits per heavy atom. The second kappa shape index (κ2) is 4.73. The standard InChI is InChI=1S/C10H18N2OS/c1-7(2)8-5-10(13)12(6-8)4-3-9(11)14/h7-8H,3-6H2,1-2H3,(H2,11,14). The highest BCUT2D eigenvalue weighted by Gasteiger charge is 2.30. The molecule has 1 fully saturated rings. The molecule has 1 amide bonds. The van der Waals surface area contributed by atoms with Gasteiger partial charge in [0.15, 0.2) is 0 Å². The van der Waals surface area contributed by atoms with Gasteiger partial charge in [0.1, 0.15) is 0 Å². The summed E-state index contributed by atoms with van der Waals surface area (Å²) in [5.41, 5.74) is 5.40. The second-order valence-corrected chi connectivity index (χ2v) is 4.79. The Kier molecular flexibility index (Phi) is 3.86. The molecular weight excluding hydrogens is 196 g/mol. The molecule has 1 atom stereocenters. The van der Waals surface area contributed by atoms with E-state index in [2.05, 4.69) is 13.8 Å². The van der Waals surface area contributed by atoms with Crippen LogP contribution in [-0.2, 0) is 4.79 Å². The van der Waals surface area contributed by atoms with Gasteiger partial charge in [0.25, 0.3) is 0 Å². The van der Waals surface area contributed by atoms with Crippen molar-refractivity contribution in [2.24, 2.45) is 17.6 Å². The Hall–Kier alpha value is -0.640. The Morgan fingerprint density at radius 2 is 2.36 bits per heavy atom. The van der Waals surface area contributed by atoms with Crippen molar-refractivity contribution in [3.8, 4) is 0 Å². The maximum atomic E-state index is 11.5. The number of nitrogens with two attached hydrogens (primary N) is 1. The fourth-order valence-electron chi connectivity index (χ4n) is 1.71. The minimum Gasteiger partial charge on any atom is -0.393 e. The van der Waals surface area contributed by atoms with Crippen LogP contribution >= 0.6 is 12.2 Å². The third kappa shape index (κ3) is 2.94. The minimum absolute atomic E-state index is 0.250. The summed E-state index contributed by atoms with van der Waals surface area (Å²) in [7, 11) is 0. The molecular formula is C10H18N2OS. The summed E-state index contributed by atoms with van der Waals surface area (Å²) < 4.78 is 0. The third-order valence-corrected chi connectivity index (χ3v) is 3.02. The molecule has 4 heteroatoms. The molecule has 0 aromatic rings. The molecule has 0 aromatic heterocycles. The lowest BCUT2D eigenvalue weighted by atomic mass is 9.95. The van der Waals surface area contributed by atoms with E-state index in [0.29, 0.717) is 36.2 Å². The number of nitrogens with zero attached hydrogens (tertiary/aromatic N) is 1. The van der Waals surface area contributed by atoms with Gasteiger partial charge in [-0.25, -0.2) is 0 Å². The molecule has 80 valence electrons. The van der Waals surface area contributed by atoms with Gasteiger partial charge in [0, 0.05) is 25.9 Å². The number of hydrogen-bond acceptors (Lipinski definition) is 2. The van der Waals surface area contributed by atoms with E-state index >= 15 is 0 Å². The Bertz CT molecular complexity index is 240. The number of rotatable bonds is 4. The maximum Gasteiger partial charge on any atom is 0.222 e. The minimum atomic E-state index is 0.250. The van der Waals surface area contributed by atoms with Gasteiger partial charge in [-0.3, -0.25) is 4.79 Å². The fraction of sp³-hybridized carbons (Fsp3) is 0.800. The third-order valence-electron chi connectivity index (χ3n) is 2.82. The molecule has 1 aliphatic rings. The summed E-state index contributed by atoms with van der Waals surface area (Å²) in [5.74, 6) is 1.34. The van der Waals surface area contributed by atoms with Crippen molar-refractivity contribution in [1.29, 1.82) is 0 Å². The van der Waals surface area contributed by atoms with E-state index in [4.69, 9.17) is 18.0 Å². The van der Waals surface area contributed by atoms with Crippen LogP contribution in [0.1, 0.15) is 26.7 Å². The Labute approximate surface area is 90.6 Å². The molecule has 1 heterocycles. The smallest absolute Gasteiger partial charge is 0.222 e. The molecule has 1 saturated heterocycles. The number of carbonyl (C=O) groups is 1. The van der Waals surface area contributed by atoms with Crippen LogP contribution in [0.25, 0.3) is 0 Å². The van der Waals surface area contributed by atoms with Crippen LogP contribution in [0.5, 0.6) is 0 Å². The molecule has 0 bridgehead atoms. The van der Waals surface area contributed by atoms with Gasteiger partial charge in [-0.15, -0.1) is 0 Å². The fourth-order valence-corrected chi connectivity index (χ4v) is 1.80. The van der Waals surface area contributed by atoms with Crippen LogP contribution in [0.3, 0.4) is 0 Å². The number of carbonyl (C=O) groups excluding carboxylic acids is 1. The van der Waals surface area contributed by atoms with E-state index in [9.17, 15) is 4.79 Å². The van der Waals surface area contributed by atoms with Crippen molar-refractivity contribution in [1.82, 2.24) is 4.90 Å². The highest BCUT2D eigenvalue weighted by atomic mass is 32.1. The number of hydrogen-bond donors (Lipinski definition) is 1. The van der Waals surface area contributed by atoms with E-state index in [1.165, 1.54) is 0 Å². The van der Waals surface area contributed by atoms with E-state index in [1.807, 2.05) is 4.90 Å². The monoisotopic (exact) mass is 214 g/mol. The van der Waals surface area contributed by atoms with Gasteiger partial charge in [-0.05, 0) is 11.8 Å². The largest absolute Gasteiger partial charge is 0.393 e. The summed E-state index contributed by atoms with van der Waals surface area (Å²) in [6.07, 6.45) is 1.33. The molecule has 0 spiro atoms. The zero-order valence-corrected chi connectivity index (χ0v) is 9.64. The van der Waals surface area contributed by atoms with E-state index < -0.39 is 0 Å². The summed E-state index contributed by atoms with van der Waals surface area (Å²) in [6, 6.07) is 0. The second-order valence-electron chi connectivity index (χ2n) is 4.26. The lowest BCUT2D eigenvalue weighted by Crippen LogP contribution is -2.29. The van der Waals surface area contributed by atoms with Crippen molar-refractivity contribution >= 4 is 23.1 Å². The SMILES string of the molecule is CC(C)C1CC(=O)N(CCC(N)=S)C1. The summed E-state index contributed by atoms with van der Waals surface area (Å²) in [6.45, 7) is 5.89. The Morgan fingerprint density at radius 1 is 1.71 bits per heavy atom. The van der Waals surface area contributed by atoms with Gasteiger partial charge in [-0.2, -0.15) is 0 Å². The van der Waals surface area contributed by atoms with Crippen LogP contribution < -0.4 is 5.73 Å². The molecule has 1 rings (SSSR count). The zero-order valence-electron chi connectivity index (χ0n) is 8.82. The Balaban J connectivity index is 2.41. The lowest BCUT2D eigenvalue weighted by molar-refractivity contribution is -0.127. The average Bonchev–Trinajstić information content (AvgIpc) is 2.43. The van der Waals surface area contributed by atoms with Gasteiger partial charge < -0.3 is 10.6 Å². The van der Waals surface area contributed by atoms with Crippen LogP contribution in [0.4, 0.5) is 0 Å². The molecule has 0 saturated carbocycles. The molecule has 14 heavy (non-hydrogen) atoms. The number of thiocarbonyl (C=S) groups is 1. The van der Waals surface area contributed by atoms with Gasteiger partial charge >= 0.3 is 0 Å². The van der Waals surface area contributed by atoms with Gasteiger partial charge in [-0.1, -0.05) is 26.1 Å². The summed E-state index contributed by atoms with van der Waals surface area (Å²) in [5, 5.41) is 0. The van der Waals surface area contributed by atoms with Crippen molar-refractivity contribution < 1.29 is 4.79 Å². The topological polar surface area (TPSA) is 46.3 Å². The van der Waals surface area contributed by atoms with Crippen molar-refractivity contribution in [2.75, 3.05) is 13.1 Å². The van der Waals surface area contributed by atoms with Crippen molar-refractivity contribution in [3.63, 3.8) is 0 Å². The van der Waals surface area contributed by atoms with Crippen molar-refractivity contribution in [3.05, 3.63) is 0 Å². The quantitative estimate of drug-likeness (QED) is 0.715. The van der Waals surface area contributed by atoms with Gasteiger partial charge in [0.2, 0.25) is 5.91 Å². The van der Waals surface area contributed by atoms with Crippen LogP contribution in [0.2, 0.25) is 0 Å². The zero-order chi connectivity index (χ0) is 10.7. The van der Waals surface area contributed by atoms with Crippen LogP contribution in [0.15, 0.2) is 0 Å². The molecule has 0 radical (unpaired) electrons. The highest BCUT2D eigenvalue weighted by molar-refractivity contribution is 7.80. The highest BCUT2D eigenvalue weighted by Crippen LogP contribution is 2.24. The first kappa shape index (κ1) is 11.4. The maximum absolute atomic E-state index is 11.5. The van der Waals surface area contributed by atoms with Crippen LogP contribution in [-0.4, -0.2) is 28.9 Å². The predicted molar refractivity (Wildman–Crippen MR) is 60.9 cm³/mol. The molecule has 1 aliphatic heterocycles. The first-order chi connectivity index (χ1) is 6.50. The molecule has 0 aromatic carbocycles. The molecule has 3 nitrogen and oxygen atoms in total. The molecule has 0 aliphatic carbocycles. The number of amides is 1. The van der Waals surface area contributed by atoms with E-state index in [0.717, 1.165) is 6.54 Å². The first-order valence-corrected chi connectivity index (χ1v) is 5.47. The van der Waals surface area contributed by atoms with Crippen LogP contribution in [0, 0.1) is 11.8 Å². The van der Waals surface area contributed by atoms with Gasteiger partial charge in [0.05, 0.1) is 4.99 Å². The average molecular weight is 214 g/mol. The van der Waals surface area contributed by atoms with E-state index in [-0.39, 0.29) is 5.91 Å². The molecule has 1 unspecified atom stereocenters. The summed E-state index contributed by atoms with van der Waals surface area (Å²) in [4.78, 5) is 13.9.